The average Bonchev–Trinajstić information content (AvgIpc) is 3.10. The molecular formula is C20H26IN3O2. The Labute approximate surface area is 172 Å². The molecule has 0 saturated heterocycles. The van der Waals surface area contributed by atoms with Crippen LogP contribution in [-0.2, 0) is 12.8 Å². The zero-order valence-electron chi connectivity index (χ0n) is 15.2. The molecule has 26 heavy (non-hydrogen) atoms. The highest BCUT2D eigenvalue weighted by Crippen LogP contribution is 2.32. The Morgan fingerprint density at radius 3 is 2.23 bits per heavy atom. The number of hydrogen-bond acceptors (Lipinski definition) is 3. The van der Waals surface area contributed by atoms with Crippen molar-refractivity contribution < 1.29 is 9.47 Å². The van der Waals surface area contributed by atoms with Crippen molar-refractivity contribution in [2.45, 2.75) is 19.8 Å². The fourth-order valence-corrected chi connectivity index (χ4v) is 2.72. The number of ether oxygens (including phenoxy) is 2. The minimum Gasteiger partial charge on any atom is -0.454 e. The van der Waals surface area contributed by atoms with E-state index in [1.165, 1.54) is 16.7 Å². The van der Waals surface area contributed by atoms with Gasteiger partial charge in [0.05, 0.1) is 0 Å². The summed E-state index contributed by atoms with van der Waals surface area (Å²) in [5.74, 6) is 2.48. The lowest BCUT2D eigenvalue weighted by Gasteiger charge is -2.12. The number of guanidine groups is 1. The quantitative estimate of drug-likeness (QED) is 0.389. The summed E-state index contributed by atoms with van der Waals surface area (Å²) in [6.07, 6.45) is 1.87. The molecule has 2 aromatic rings. The number of benzene rings is 2. The fraction of sp³-hybridized carbons (Fsp3) is 0.350. The lowest BCUT2D eigenvalue weighted by Crippen LogP contribution is -2.39. The number of rotatable bonds is 6. The van der Waals surface area contributed by atoms with Gasteiger partial charge in [0.25, 0.3) is 0 Å². The van der Waals surface area contributed by atoms with Crippen molar-refractivity contribution in [3.8, 4) is 11.5 Å². The molecule has 0 spiro atoms. The Morgan fingerprint density at radius 2 is 1.54 bits per heavy atom. The predicted molar refractivity (Wildman–Crippen MR) is 116 cm³/mol. The van der Waals surface area contributed by atoms with Crippen LogP contribution < -0.4 is 20.1 Å². The lowest BCUT2D eigenvalue weighted by molar-refractivity contribution is 0.174. The molecule has 0 aliphatic carbocycles. The van der Waals surface area contributed by atoms with Gasteiger partial charge in [-0.15, -0.1) is 24.0 Å². The number of fused-ring (bicyclic) bond motifs is 1. The number of halogens is 1. The summed E-state index contributed by atoms with van der Waals surface area (Å²) in [5.41, 5.74) is 3.83. The maximum absolute atomic E-state index is 5.41. The second kappa shape index (κ2) is 10.3. The smallest absolute Gasteiger partial charge is 0.231 e. The maximum Gasteiger partial charge on any atom is 0.231 e. The molecule has 5 nitrogen and oxygen atoms in total. The van der Waals surface area contributed by atoms with Crippen LogP contribution in [-0.4, -0.2) is 32.9 Å². The Hall–Kier alpha value is -1.96. The maximum atomic E-state index is 5.41. The molecule has 1 heterocycles. The van der Waals surface area contributed by atoms with Gasteiger partial charge in [-0.1, -0.05) is 35.9 Å². The molecule has 2 N–H and O–H groups in total. The van der Waals surface area contributed by atoms with Crippen molar-refractivity contribution >= 4 is 29.9 Å². The van der Waals surface area contributed by atoms with Crippen molar-refractivity contribution in [3.05, 3.63) is 59.2 Å². The number of aryl methyl sites for hydroxylation is 1. The first-order chi connectivity index (χ1) is 12.2. The Kier molecular flexibility index (Phi) is 8.03. The highest BCUT2D eigenvalue weighted by molar-refractivity contribution is 14.0. The van der Waals surface area contributed by atoms with Crippen LogP contribution in [0.1, 0.15) is 16.7 Å². The van der Waals surface area contributed by atoms with Crippen LogP contribution in [0.3, 0.4) is 0 Å². The summed E-state index contributed by atoms with van der Waals surface area (Å²) in [5, 5.41) is 6.70. The van der Waals surface area contributed by atoms with Crippen molar-refractivity contribution in [3.63, 3.8) is 0 Å². The monoisotopic (exact) mass is 467 g/mol. The summed E-state index contributed by atoms with van der Waals surface area (Å²) in [4.78, 5) is 4.27. The highest BCUT2D eigenvalue weighted by atomic mass is 127. The number of hydrogen-bond donors (Lipinski definition) is 2. The third kappa shape index (κ3) is 5.79. The van der Waals surface area contributed by atoms with Crippen molar-refractivity contribution in [1.29, 1.82) is 0 Å². The predicted octanol–water partition coefficient (Wildman–Crippen LogP) is 3.29. The normalized spacial score (nSPS) is 12.5. The van der Waals surface area contributed by atoms with Crippen LogP contribution in [0.25, 0.3) is 0 Å². The number of nitrogens with one attached hydrogen (secondary N) is 2. The molecule has 0 unspecified atom stereocenters. The molecule has 0 atom stereocenters. The van der Waals surface area contributed by atoms with Crippen LogP contribution in [0.5, 0.6) is 11.5 Å². The molecule has 2 aromatic carbocycles. The van der Waals surface area contributed by atoms with E-state index in [9.17, 15) is 0 Å². The third-order valence-corrected chi connectivity index (χ3v) is 4.19. The van der Waals surface area contributed by atoms with E-state index in [-0.39, 0.29) is 24.0 Å². The molecule has 0 amide bonds. The molecule has 0 bridgehead atoms. The molecule has 0 fully saturated rings. The van der Waals surface area contributed by atoms with E-state index in [1.54, 1.807) is 7.05 Å². The lowest BCUT2D eigenvalue weighted by atomic mass is 10.1. The van der Waals surface area contributed by atoms with Crippen LogP contribution in [0, 0.1) is 6.92 Å². The molecule has 3 rings (SSSR count). The van der Waals surface area contributed by atoms with E-state index in [4.69, 9.17) is 9.47 Å². The second-order valence-corrected chi connectivity index (χ2v) is 6.10. The summed E-state index contributed by atoms with van der Waals surface area (Å²) in [6.45, 7) is 4.08. The molecule has 0 saturated carbocycles. The SMILES string of the molecule is CN=C(NCCc1ccc(C)cc1)NCCc1ccc2c(c1)OCO2.I. The van der Waals surface area contributed by atoms with Gasteiger partial charge >= 0.3 is 0 Å². The van der Waals surface area contributed by atoms with Gasteiger partial charge in [-0.3, -0.25) is 4.99 Å². The second-order valence-electron chi connectivity index (χ2n) is 6.10. The van der Waals surface area contributed by atoms with Crippen LogP contribution in [0.4, 0.5) is 0 Å². The minimum atomic E-state index is 0. The molecule has 0 aromatic heterocycles. The zero-order chi connectivity index (χ0) is 17.5. The summed E-state index contributed by atoms with van der Waals surface area (Å²) in [7, 11) is 1.79. The van der Waals surface area contributed by atoms with Gasteiger partial charge in [-0.25, -0.2) is 0 Å². The highest BCUT2D eigenvalue weighted by Gasteiger charge is 2.12. The van der Waals surface area contributed by atoms with Gasteiger partial charge in [0.1, 0.15) is 0 Å². The largest absolute Gasteiger partial charge is 0.454 e. The third-order valence-electron chi connectivity index (χ3n) is 4.19. The van der Waals surface area contributed by atoms with E-state index in [2.05, 4.69) is 52.9 Å². The van der Waals surface area contributed by atoms with E-state index in [1.807, 2.05) is 12.1 Å². The van der Waals surface area contributed by atoms with Gasteiger partial charge in [0.2, 0.25) is 6.79 Å². The van der Waals surface area contributed by atoms with Crippen molar-refractivity contribution in [2.75, 3.05) is 26.9 Å². The number of aliphatic imine (C=N–C) groups is 1. The van der Waals surface area contributed by atoms with Gasteiger partial charge < -0.3 is 20.1 Å². The number of nitrogens with zero attached hydrogens (tertiary/aromatic N) is 1. The first-order valence-electron chi connectivity index (χ1n) is 8.63. The molecular weight excluding hydrogens is 441 g/mol. The molecule has 0 radical (unpaired) electrons. The van der Waals surface area contributed by atoms with Gasteiger partial charge in [-0.05, 0) is 43.0 Å². The molecule has 6 heteroatoms. The Morgan fingerprint density at radius 1 is 0.923 bits per heavy atom. The Bertz CT molecular complexity index is 732. The Balaban J connectivity index is 0.00000243. The summed E-state index contributed by atoms with van der Waals surface area (Å²) < 4.78 is 10.7. The average molecular weight is 467 g/mol. The van der Waals surface area contributed by atoms with E-state index in [0.29, 0.717) is 6.79 Å². The summed E-state index contributed by atoms with van der Waals surface area (Å²) in [6, 6.07) is 14.7. The van der Waals surface area contributed by atoms with Crippen LogP contribution in [0.15, 0.2) is 47.5 Å². The van der Waals surface area contributed by atoms with Gasteiger partial charge in [0.15, 0.2) is 17.5 Å². The fourth-order valence-electron chi connectivity index (χ4n) is 2.72. The first-order valence-corrected chi connectivity index (χ1v) is 8.63. The van der Waals surface area contributed by atoms with Gasteiger partial charge in [0, 0.05) is 20.1 Å². The van der Waals surface area contributed by atoms with Crippen LogP contribution >= 0.6 is 24.0 Å². The topological polar surface area (TPSA) is 54.9 Å². The minimum absolute atomic E-state index is 0. The standard InChI is InChI=1S/C20H25N3O2.HI/c1-15-3-5-16(6-4-15)9-11-22-20(21-2)23-12-10-17-7-8-18-19(13-17)25-14-24-18;/h3-8,13H,9-12,14H2,1-2H3,(H2,21,22,23);1H. The zero-order valence-corrected chi connectivity index (χ0v) is 17.6. The van der Waals surface area contributed by atoms with E-state index >= 15 is 0 Å². The molecule has 1 aliphatic heterocycles. The van der Waals surface area contributed by atoms with Crippen LogP contribution in [0.2, 0.25) is 0 Å². The van der Waals surface area contributed by atoms with Gasteiger partial charge in [-0.2, -0.15) is 0 Å². The molecule has 1 aliphatic rings. The first kappa shape index (κ1) is 20.4. The van der Waals surface area contributed by atoms with Crippen molar-refractivity contribution in [2.24, 2.45) is 4.99 Å². The van der Waals surface area contributed by atoms with E-state index < -0.39 is 0 Å². The summed E-state index contributed by atoms with van der Waals surface area (Å²) >= 11 is 0. The molecule has 140 valence electrons. The van der Waals surface area contributed by atoms with Crippen molar-refractivity contribution in [1.82, 2.24) is 10.6 Å². The van der Waals surface area contributed by atoms with E-state index in [0.717, 1.165) is 43.4 Å².